The Balaban J connectivity index is 1.47. The van der Waals surface area contributed by atoms with Crippen LogP contribution in [-0.2, 0) is 11.3 Å². The van der Waals surface area contributed by atoms with Crippen molar-refractivity contribution >= 4 is 45.1 Å². The van der Waals surface area contributed by atoms with Crippen LogP contribution >= 0.6 is 27.5 Å². The minimum atomic E-state index is 0.399. The highest BCUT2D eigenvalue weighted by molar-refractivity contribution is 9.10. The van der Waals surface area contributed by atoms with Gasteiger partial charge in [0.25, 0.3) is 0 Å². The van der Waals surface area contributed by atoms with Crippen LogP contribution in [0.5, 0.6) is 11.5 Å². The SMILES string of the molecule is CCOc1cc(C=Nc2ccc(N3CCOCC3)cc2)cc(Cl)c1OCc1ccc(Br)cc1. The summed E-state index contributed by atoms with van der Waals surface area (Å²) in [5.41, 5.74) is 3.95. The highest BCUT2D eigenvalue weighted by Gasteiger charge is 2.13. The maximum absolute atomic E-state index is 6.56. The minimum absolute atomic E-state index is 0.399. The molecule has 0 bridgehead atoms. The summed E-state index contributed by atoms with van der Waals surface area (Å²) in [6.07, 6.45) is 1.79. The summed E-state index contributed by atoms with van der Waals surface area (Å²) < 4.78 is 18.3. The van der Waals surface area contributed by atoms with E-state index in [1.807, 2.05) is 55.5 Å². The van der Waals surface area contributed by atoms with Crippen LogP contribution in [0.2, 0.25) is 5.02 Å². The average molecular weight is 530 g/mol. The van der Waals surface area contributed by atoms with E-state index in [1.165, 1.54) is 5.69 Å². The standard InChI is InChI=1S/C26H26BrClN2O3/c1-2-32-25-16-20(15-24(28)26(25)33-18-19-3-5-21(27)6-4-19)17-29-22-7-9-23(10-8-22)30-11-13-31-14-12-30/h3-10,15-17H,2,11-14,18H2,1H3. The first-order valence-electron chi connectivity index (χ1n) is 10.9. The Morgan fingerprint density at radius 1 is 1.03 bits per heavy atom. The monoisotopic (exact) mass is 528 g/mol. The number of ether oxygens (including phenoxy) is 3. The van der Waals surface area contributed by atoms with Crippen molar-refractivity contribution in [3.8, 4) is 11.5 Å². The van der Waals surface area contributed by atoms with E-state index in [-0.39, 0.29) is 0 Å². The summed E-state index contributed by atoms with van der Waals surface area (Å²) in [6, 6.07) is 19.9. The fraction of sp³-hybridized carbons (Fsp3) is 0.269. The van der Waals surface area contributed by atoms with E-state index in [1.54, 1.807) is 6.21 Å². The number of benzene rings is 3. The van der Waals surface area contributed by atoms with E-state index in [4.69, 9.17) is 25.8 Å². The zero-order chi connectivity index (χ0) is 23.0. The first-order chi connectivity index (χ1) is 16.1. The zero-order valence-electron chi connectivity index (χ0n) is 18.5. The summed E-state index contributed by atoms with van der Waals surface area (Å²) >= 11 is 10.0. The van der Waals surface area contributed by atoms with Gasteiger partial charge in [0, 0.05) is 29.5 Å². The molecular weight excluding hydrogens is 504 g/mol. The van der Waals surface area contributed by atoms with Gasteiger partial charge in [0.2, 0.25) is 0 Å². The van der Waals surface area contributed by atoms with Crippen LogP contribution < -0.4 is 14.4 Å². The normalized spacial score (nSPS) is 14.0. The van der Waals surface area contributed by atoms with Crippen LogP contribution in [0.25, 0.3) is 0 Å². The van der Waals surface area contributed by atoms with Crippen LogP contribution in [0.3, 0.4) is 0 Å². The van der Waals surface area contributed by atoms with Gasteiger partial charge in [-0.2, -0.15) is 0 Å². The van der Waals surface area contributed by atoms with Gasteiger partial charge in [-0.3, -0.25) is 4.99 Å². The van der Waals surface area contributed by atoms with Crippen LogP contribution in [-0.4, -0.2) is 39.1 Å². The van der Waals surface area contributed by atoms with Crippen molar-refractivity contribution in [2.75, 3.05) is 37.8 Å². The molecule has 0 unspecified atom stereocenters. The van der Waals surface area contributed by atoms with Crippen molar-refractivity contribution in [3.05, 3.63) is 81.3 Å². The Bertz CT molecular complexity index is 1080. The molecule has 0 N–H and O–H groups in total. The van der Waals surface area contributed by atoms with E-state index in [9.17, 15) is 0 Å². The Morgan fingerprint density at radius 3 is 2.45 bits per heavy atom. The lowest BCUT2D eigenvalue weighted by molar-refractivity contribution is 0.122. The molecule has 0 saturated carbocycles. The number of hydrogen-bond acceptors (Lipinski definition) is 5. The van der Waals surface area contributed by atoms with Crippen LogP contribution in [0.1, 0.15) is 18.1 Å². The van der Waals surface area contributed by atoms with Gasteiger partial charge in [0.1, 0.15) is 6.61 Å². The Hall–Kier alpha value is -2.54. The summed E-state index contributed by atoms with van der Waals surface area (Å²) in [4.78, 5) is 6.93. The highest BCUT2D eigenvalue weighted by atomic mass is 79.9. The average Bonchev–Trinajstić information content (AvgIpc) is 2.84. The molecule has 172 valence electrons. The fourth-order valence-electron chi connectivity index (χ4n) is 3.52. The van der Waals surface area contributed by atoms with Gasteiger partial charge in [-0.15, -0.1) is 0 Å². The van der Waals surface area contributed by atoms with Gasteiger partial charge in [-0.25, -0.2) is 0 Å². The Kier molecular flexibility index (Phi) is 8.26. The number of halogens is 2. The third-order valence-electron chi connectivity index (χ3n) is 5.22. The summed E-state index contributed by atoms with van der Waals surface area (Å²) in [5, 5.41) is 0.488. The number of aliphatic imine (C=N–C) groups is 1. The molecular formula is C26H26BrClN2O3. The number of morpholine rings is 1. The van der Waals surface area contributed by atoms with Crippen LogP contribution in [0.4, 0.5) is 11.4 Å². The predicted octanol–water partition coefficient (Wildman–Crippen LogP) is 6.67. The Morgan fingerprint density at radius 2 is 1.76 bits per heavy atom. The van der Waals surface area contributed by atoms with Gasteiger partial charge in [-0.05, 0) is 66.6 Å². The molecule has 33 heavy (non-hydrogen) atoms. The van der Waals surface area contributed by atoms with Gasteiger partial charge < -0.3 is 19.1 Å². The van der Waals surface area contributed by atoms with Crippen LogP contribution in [0.15, 0.2) is 70.1 Å². The summed E-state index contributed by atoms with van der Waals surface area (Å²) in [5.74, 6) is 1.14. The van der Waals surface area contributed by atoms with E-state index in [2.05, 4.69) is 38.0 Å². The van der Waals surface area contributed by atoms with Crippen molar-refractivity contribution in [1.29, 1.82) is 0 Å². The van der Waals surface area contributed by atoms with E-state index in [0.717, 1.165) is 47.6 Å². The molecule has 0 spiro atoms. The molecule has 1 fully saturated rings. The molecule has 4 rings (SSSR count). The highest BCUT2D eigenvalue weighted by Crippen LogP contribution is 2.37. The maximum Gasteiger partial charge on any atom is 0.180 e. The number of hydrogen-bond donors (Lipinski definition) is 0. The smallest absolute Gasteiger partial charge is 0.180 e. The molecule has 3 aromatic carbocycles. The molecule has 0 aromatic heterocycles. The van der Waals surface area contributed by atoms with Crippen molar-refractivity contribution in [2.45, 2.75) is 13.5 Å². The first kappa shape index (κ1) is 23.6. The summed E-state index contributed by atoms with van der Waals surface area (Å²) in [7, 11) is 0. The lowest BCUT2D eigenvalue weighted by Crippen LogP contribution is -2.36. The van der Waals surface area contributed by atoms with E-state index in [0.29, 0.717) is 29.7 Å². The molecule has 0 atom stereocenters. The van der Waals surface area contributed by atoms with Gasteiger partial charge in [0.05, 0.1) is 30.5 Å². The Labute approximate surface area is 208 Å². The molecule has 1 saturated heterocycles. The largest absolute Gasteiger partial charge is 0.490 e. The van der Waals surface area contributed by atoms with Gasteiger partial charge in [-0.1, -0.05) is 39.7 Å². The van der Waals surface area contributed by atoms with Crippen molar-refractivity contribution in [1.82, 2.24) is 0 Å². The molecule has 5 nitrogen and oxygen atoms in total. The van der Waals surface area contributed by atoms with Gasteiger partial charge in [0.15, 0.2) is 11.5 Å². The molecule has 7 heteroatoms. The molecule has 1 heterocycles. The second kappa shape index (κ2) is 11.5. The number of nitrogens with zero attached hydrogens (tertiary/aromatic N) is 2. The predicted molar refractivity (Wildman–Crippen MR) is 138 cm³/mol. The second-order valence-corrected chi connectivity index (χ2v) is 8.88. The topological polar surface area (TPSA) is 43.3 Å². The molecule has 0 amide bonds. The third-order valence-corrected chi connectivity index (χ3v) is 6.03. The maximum atomic E-state index is 6.56. The molecule has 0 aliphatic carbocycles. The molecule has 1 aliphatic heterocycles. The quantitative estimate of drug-likeness (QED) is 0.306. The number of rotatable bonds is 8. The third kappa shape index (κ3) is 6.50. The van der Waals surface area contributed by atoms with Crippen LogP contribution in [0, 0.1) is 0 Å². The number of anilines is 1. The van der Waals surface area contributed by atoms with Crippen molar-refractivity contribution < 1.29 is 14.2 Å². The zero-order valence-corrected chi connectivity index (χ0v) is 20.8. The second-order valence-electron chi connectivity index (χ2n) is 7.55. The summed E-state index contributed by atoms with van der Waals surface area (Å²) in [6.45, 7) is 6.21. The minimum Gasteiger partial charge on any atom is -0.490 e. The lowest BCUT2D eigenvalue weighted by atomic mass is 10.2. The van der Waals surface area contributed by atoms with E-state index >= 15 is 0 Å². The molecule has 1 aliphatic rings. The van der Waals surface area contributed by atoms with Crippen molar-refractivity contribution in [2.24, 2.45) is 4.99 Å². The van der Waals surface area contributed by atoms with Crippen molar-refractivity contribution in [3.63, 3.8) is 0 Å². The fourth-order valence-corrected chi connectivity index (χ4v) is 4.06. The van der Waals surface area contributed by atoms with E-state index < -0.39 is 0 Å². The first-order valence-corrected chi connectivity index (χ1v) is 12.1. The van der Waals surface area contributed by atoms with Gasteiger partial charge >= 0.3 is 0 Å². The molecule has 3 aromatic rings. The molecule has 0 radical (unpaired) electrons. The lowest BCUT2D eigenvalue weighted by Gasteiger charge is -2.28.